The molecular weight excluding hydrogens is 440 g/mol. The summed E-state index contributed by atoms with van der Waals surface area (Å²) in [5.74, 6) is 1.42. The highest BCUT2D eigenvalue weighted by Crippen LogP contribution is 2.31. The molecule has 0 bridgehead atoms. The van der Waals surface area contributed by atoms with Crippen molar-refractivity contribution in [3.05, 3.63) is 58.7 Å². The van der Waals surface area contributed by atoms with Gasteiger partial charge in [0.05, 0.1) is 17.7 Å². The van der Waals surface area contributed by atoms with E-state index in [9.17, 15) is 4.79 Å². The first kappa shape index (κ1) is 22.6. The Morgan fingerprint density at radius 2 is 1.76 bits per heavy atom. The molecule has 0 saturated carbocycles. The normalized spacial score (nSPS) is 16.5. The van der Waals surface area contributed by atoms with Crippen molar-refractivity contribution < 1.29 is 19.0 Å². The molecule has 0 spiro atoms. The zero-order chi connectivity index (χ0) is 23.5. The van der Waals surface area contributed by atoms with Crippen LogP contribution >= 0.6 is 11.8 Å². The molecule has 8 nitrogen and oxygen atoms in total. The standard InChI is InChI=1S/C24H24N4O4S/c1-14-9-15(2)11-18(10-14)31-7-8-32-20-6-5-17(13-21(20)30-4)12-19-22(25)28-24(26-23(19)29)33-16(3)27-28/h5-6,9-13,25H,7-8H2,1-4H3/b19-12-,25-22?. The summed E-state index contributed by atoms with van der Waals surface area (Å²) in [5.41, 5.74) is 3.14. The maximum Gasteiger partial charge on any atom is 0.283 e. The largest absolute Gasteiger partial charge is 0.493 e. The topological polar surface area (TPSA) is 96.6 Å². The van der Waals surface area contributed by atoms with Crippen LogP contribution in [-0.4, -0.2) is 47.3 Å². The second-order valence-electron chi connectivity index (χ2n) is 7.57. The number of rotatable bonds is 7. The predicted molar refractivity (Wildman–Crippen MR) is 131 cm³/mol. The Labute approximate surface area is 196 Å². The number of amides is 1. The van der Waals surface area contributed by atoms with Gasteiger partial charge in [-0.3, -0.25) is 10.2 Å². The zero-order valence-electron chi connectivity index (χ0n) is 18.8. The van der Waals surface area contributed by atoms with Crippen molar-refractivity contribution >= 4 is 39.8 Å². The van der Waals surface area contributed by atoms with Gasteiger partial charge in [-0.2, -0.15) is 15.1 Å². The maximum absolute atomic E-state index is 12.5. The van der Waals surface area contributed by atoms with Gasteiger partial charge in [-0.25, -0.2) is 0 Å². The number of carbonyl (C=O) groups excluding carboxylic acids is 1. The number of aryl methyl sites for hydroxylation is 2. The van der Waals surface area contributed by atoms with E-state index in [0.717, 1.165) is 21.9 Å². The van der Waals surface area contributed by atoms with Gasteiger partial charge in [0.2, 0.25) is 5.17 Å². The van der Waals surface area contributed by atoms with Crippen LogP contribution in [0.2, 0.25) is 0 Å². The zero-order valence-corrected chi connectivity index (χ0v) is 19.7. The lowest BCUT2D eigenvalue weighted by Gasteiger charge is -2.20. The van der Waals surface area contributed by atoms with Crippen LogP contribution in [0.1, 0.15) is 23.6 Å². The Morgan fingerprint density at radius 3 is 2.48 bits per heavy atom. The number of thioether (sulfide) groups is 1. The number of benzene rings is 2. The number of ether oxygens (including phenoxy) is 3. The van der Waals surface area contributed by atoms with E-state index in [0.29, 0.717) is 35.4 Å². The molecule has 0 unspecified atom stereocenters. The van der Waals surface area contributed by atoms with Crippen molar-refractivity contribution in [1.82, 2.24) is 5.01 Å². The molecule has 2 aliphatic rings. The summed E-state index contributed by atoms with van der Waals surface area (Å²) in [6.07, 6.45) is 1.61. The molecule has 1 N–H and O–H groups in total. The molecule has 4 rings (SSSR count). The molecule has 0 radical (unpaired) electrons. The first-order valence-corrected chi connectivity index (χ1v) is 11.1. The summed E-state index contributed by atoms with van der Waals surface area (Å²) >= 11 is 1.27. The van der Waals surface area contributed by atoms with Gasteiger partial charge in [0.1, 0.15) is 19.0 Å². The number of hydrazone groups is 1. The number of aliphatic imine (C=N–C) groups is 1. The third-order valence-electron chi connectivity index (χ3n) is 4.86. The molecule has 0 atom stereocenters. The quantitative estimate of drug-likeness (QED) is 0.482. The van der Waals surface area contributed by atoms with Gasteiger partial charge >= 0.3 is 0 Å². The van der Waals surface area contributed by atoms with E-state index in [1.807, 2.05) is 32.9 Å². The van der Waals surface area contributed by atoms with Crippen LogP contribution in [0.15, 0.2) is 52.1 Å². The van der Waals surface area contributed by atoms with Crippen molar-refractivity contribution in [2.45, 2.75) is 20.8 Å². The van der Waals surface area contributed by atoms with Crippen LogP contribution in [-0.2, 0) is 4.79 Å². The van der Waals surface area contributed by atoms with Gasteiger partial charge in [0.15, 0.2) is 17.3 Å². The minimum atomic E-state index is -0.466. The smallest absolute Gasteiger partial charge is 0.283 e. The van der Waals surface area contributed by atoms with Crippen molar-refractivity contribution in [2.24, 2.45) is 10.1 Å². The monoisotopic (exact) mass is 464 g/mol. The molecule has 2 aromatic carbocycles. The van der Waals surface area contributed by atoms with Crippen LogP contribution in [0.3, 0.4) is 0 Å². The Morgan fingerprint density at radius 1 is 1.03 bits per heavy atom. The SMILES string of the molecule is COc1cc(/C=C2/C(=N)N3N=C(C)SC3=NC2=O)ccc1OCCOc1cc(C)cc(C)c1. The van der Waals surface area contributed by atoms with Gasteiger partial charge < -0.3 is 14.2 Å². The summed E-state index contributed by atoms with van der Waals surface area (Å²) in [7, 11) is 1.55. The number of hydrogen-bond donors (Lipinski definition) is 1. The number of carbonyl (C=O) groups is 1. The number of amidine groups is 2. The van der Waals surface area contributed by atoms with Crippen LogP contribution in [0.4, 0.5) is 0 Å². The van der Waals surface area contributed by atoms with Gasteiger partial charge in [-0.05, 0) is 79.6 Å². The summed E-state index contributed by atoms with van der Waals surface area (Å²) in [6, 6.07) is 11.4. The van der Waals surface area contributed by atoms with Gasteiger partial charge in [0, 0.05) is 0 Å². The Balaban J connectivity index is 1.43. The van der Waals surface area contributed by atoms with E-state index in [2.05, 4.69) is 16.2 Å². The number of fused-ring (bicyclic) bond motifs is 1. The Kier molecular flexibility index (Phi) is 6.50. The molecule has 0 aliphatic carbocycles. The highest BCUT2D eigenvalue weighted by molar-refractivity contribution is 8.26. The van der Waals surface area contributed by atoms with E-state index < -0.39 is 5.91 Å². The molecule has 0 aromatic heterocycles. The van der Waals surface area contributed by atoms with E-state index in [1.165, 1.54) is 16.8 Å². The lowest BCUT2D eigenvalue weighted by Crippen LogP contribution is -2.35. The van der Waals surface area contributed by atoms with Crippen molar-refractivity contribution in [1.29, 1.82) is 5.41 Å². The lowest BCUT2D eigenvalue weighted by molar-refractivity contribution is -0.114. The van der Waals surface area contributed by atoms with Gasteiger partial charge in [-0.1, -0.05) is 12.1 Å². The van der Waals surface area contributed by atoms with Crippen LogP contribution in [0.25, 0.3) is 6.08 Å². The van der Waals surface area contributed by atoms with Crippen molar-refractivity contribution in [3.63, 3.8) is 0 Å². The molecular formula is C24H24N4O4S. The van der Waals surface area contributed by atoms with E-state index in [-0.39, 0.29) is 11.4 Å². The fourth-order valence-corrected chi connectivity index (χ4v) is 4.21. The average Bonchev–Trinajstić information content (AvgIpc) is 3.14. The summed E-state index contributed by atoms with van der Waals surface area (Å²) in [6.45, 7) is 6.60. The highest BCUT2D eigenvalue weighted by atomic mass is 32.2. The third-order valence-corrected chi connectivity index (χ3v) is 5.68. The maximum atomic E-state index is 12.5. The van der Waals surface area contributed by atoms with Gasteiger partial charge in [0.25, 0.3) is 5.91 Å². The second-order valence-corrected chi connectivity index (χ2v) is 8.73. The minimum absolute atomic E-state index is 0.00261. The molecule has 2 aliphatic heterocycles. The molecule has 1 amide bonds. The minimum Gasteiger partial charge on any atom is -0.493 e. The summed E-state index contributed by atoms with van der Waals surface area (Å²) in [4.78, 5) is 16.5. The molecule has 0 saturated heterocycles. The number of nitrogens with one attached hydrogen (secondary N) is 1. The number of hydrogen-bond acceptors (Lipinski definition) is 7. The molecule has 2 aromatic rings. The fourth-order valence-electron chi connectivity index (χ4n) is 3.47. The van der Waals surface area contributed by atoms with E-state index in [4.69, 9.17) is 19.6 Å². The first-order chi connectivity index (χ1) is 15.8. The van der Waals surface area contributed by atoms with Crippen LogP contribution < -0.4 is 14.2 Å². The van der Waals surface area contributed by atoms with Crippen molar-refractivity contribution in [3.8, 4) is 17.2 Å². The number of methoxy groups -OCH3 is 1. The molecule has 170 valence electrons. The highest BCUT2D eigenvalue weighted by Gasteiger charge is 2.34. The third kappa shape index (κ3) is 5.09. The van der Waals surface area contributed by atoms with E-state index in [1.54, 1.807) is 31.4 Å². The van der Waals surface area contributed by atoms with E-state index >= 15 is 0 Å². The summed E-state index contributed by atoms with van der Waals surface area (Å²) in [5, 5.41) is 15.1. The van der Waals surface area contributed by atoms with Crippen LogP contribution in [0, 0.1) is 19.3 Å². The first-order valence-electron chi connectivity index (χ1n) is 10.3. The van der Waals surface area contributed by atoms with Crippen molar-refractivity contribution in [2.75, 3.05) is 20.3 Å². The predicted octanol–water partition coefficient (Wildman–Crippen LogP) is 4.41. The molecule has 33 heavy (non-hydrogen) atoms. The molecule has 2 heterocycles. The Hall–Kier alpha value is -3.59. The summed E-state index contributed by atoms with van der Waals surface area (Å²) < 4.78 is 17.1. The molecule has 9 heteroatoms. The fraction of sp³-hybridized carbons (Fsp3) is 0.250. The second kappa shape index (κ2) is 9.50. The average molecular weight is 465 g/mol. The Bertz CT molecular complexity index is 1200. The number of nitrogens with zero attached hydrogens (tertiary/aromatic N) is 3. The molecule has 0 fully saturated rings. The van der Waals surface area contributed by atoms with Gasteiger partial charge in [-0.15, -0.1) is 0 Å². The lowest BCUT2D eigenvalue weighted by atomic mass is 10.1. The van der Waals surface area contributed by atoms with Crippen LogP contribution in [0.5, 0.6) is 17.2 Å².